The van der Waals surface area contributed by atoms with Gasteiger partial charge >= 0.3 is 6.36 Å². The summed E-state index contributed by atoms with van der Waals surface area (Å²) in [6, 6.07) is 3.66. The fourth-order valence-electron chi connectivity index (χ4n) is 2.75. The Balaban J connectivity index is 1.84. The van der Waals surface area contributed by atoms with Gasteiger partial charge in [0.05, 0.1) is 5.69 Å². The van der Waals surface area contributed by atoms with Crippen LogP contribution in [-0.2, 0) is 10.0 Å². The molecule has 1 aliphatic heterocycles. The fraction of sp³-hybridized carbons (Fsp3) is 0.312. The van der Waals surface area contributed by atoms with Gasteiger partial charge in [0.2, 0.25) is 0 Å². The molecule has 0 unspecified atom stereocenters. The first-order valence-electron chi connectivity index (χ1n) is 8.14. The van der Waals surface area contributed by atoms with Crippen molar-refractivity contribution in [3.63, 3.8) is 0 Å². The molecule has 0 radical (unpaired) electrons. The van der Waals surface area contributed by atoms with E-state index in [1.54, 1.807) is 4.90 Å². The highest BCUT2D eigenvalue weighted by Crippen LogP contribution is 2.34. The Bertz CT molecular complexity index is 982. The van der Waals surface area contributed by atoms with Gasteiger partial charge in [0.1, 0.15) is 16.3 Å². The third-order valence-electron chi connectivity index (χ3n) is 4.03. The van der Waals surface area contributed by atoms with Crippen molar-refractivity contribution in [2.24, 2.45) is 0 Å². The summed E-state index contributed by atoms with van der Waals surface area (Å²) in [4.78, 5) is 16.1. The van der Waals surface area contributed by atoms with Gasteiger partial charge in [0.25, 0.3) is 15.9 Å². The monoisotopic (exact) mass is 419 g/mol. The van der Waals surface area contributed by atoms with Crippen molar-refractivity contribution in [2.75, 3.05) is 17.8 Å². The first-order chi connectivity index (χ1) is 13.0. The minimum Gasteiger partial charge on any atom is -0.508 e. The Morgan fingerprint density at radius 1 is 1.21 bits per heavy atom. The van der Waals surface area contributed by atoms with Crippen LogP contribution in [0.3, 0.4) is 0 Å². The highest BCUT2D eigenvalue weighted by molar-refractivity contribution is 7.92. The van der Waals surface area contributed by atoms with E-state index in [4.69, 9.17) is 0 Å². The average molecular weight is 419 g/mol. The Morgan fingerprint density at radius 2 is 1.89 bits per heavy atom. The van der Waals surface area contributed by atoms with Crippen LogP contribution < -0.4 is 9.46 Å². The molecular weight excluding hydrogens is 403 g/mol. The number of aromatic amines is 1. The lowest BCUT2D eigenvalue weighted by molar-refractivity contribution is -0.274. The molecule has 2 aromatic rings. The predicted octanol–water partition coefficient (Wildman–Crippen LogP) is 2.66. The molecule has 1 amide bonds. The van der Waals surface area contributed by atoms with E-state index in [1.165, 1.54) is 0 Å². The van der Waals surface area contributed by atoms with E-state index in [0.717, 1.165) is 37.2 Å². The maximum absolute atomic E-state index is 12.5. The number of nitrogens with zero attached hydrogens (tertiary/aromatic N) is 1. The zero-order chi connectivity index (χ0) is 20.5. The van der Waals surface area contributed by atoms with Gasteiger partial charge in [-0.1, -0.05) is 0 Å². The maximum Gasteiger partial charge on any atom is 0.573 e. The number of H-pyrrole nitrogens is 1. The third-order valence-corrected chi connectivity index (χ3v) is 5.37. The van der Waals surface area contributed by atoms with Crippen LogP contribution >= 0.6 is 0 Å². The Morgan fingerprint density at radius 3 is 2.54 bits per heavy atom. The topological polar surface area (TPSA) is 112 Å². The standard InChI is InChI=1S/C16H16F3N3O5S/c17-16(18,19)27-14-7-10(23)3-4-12(14)21-28(25,26)11-8-13(20-9-11)15(24)22-5-1-2-6-22/h3-4,7-9,20-21,23H,1-2,5-6H2. The molecule has 1 aromatic heterocycles. The van der Waals surface area contributed by atoms with E-state index in [9.17, 15) is 31.5 Å². The summed E-state index contributed by atoms with van der Waals surface area (Å²) in [5, 5.41) is 9.35. The van der Waals surface area contributed by atoms with E-state index < -0.39 is 33.6 Å². The minimum atomic E-state index is -5.09. The SMILES string of the molecule is O=C(c1cc(S(=O)(=O)Nc2ccc(O)cc2OC(F)(F)F)c[nH]1)N1CCCC1. The number of aromatic nitrogens is 1. The van der Waals surface area contributed by atoms with E-state index in [2.05, 4.69) is 9.72 Å². The summed E-state index contributed by atoms with van der Waals surface area (Å²) in [5.41, 5.74) is -0.469. The number of ether oxygens (including phenoxy) is 1. The highest BCUT2D eigenvalue weighted by Gasteiger charge is 2.33. The number of amides is 1. The lowest BCUT2D eigenvalue weighted by atomic mass is 10.3. The molecule has 28 heavy (non-hydrogen) atoms. The van der Waals surface area contributed by atoms with Gasteiger partial charge in [0, 0.05) is 25.4 Å². The molecule has 152 valence electrons. The number of sulfonamides is 1. The molecular formula is C16H16F3N3O5S. The molecule has 0 spiro atoms. The molecule has 3 N–H and O–H groups in total. The van der Waals surface area contributed by atoms with Gasteiger partial charge in [0.15, 0.2) is 5.75 Å². The van der Waals surface area contributed by atoms with Crippen LogP contribution in [0.5, 0.6) is 11.5 Å². The molecule has 1 aliphatic rings. The molecule has 8 nitrogen and oxygen atoms in total. The van der Waals surface area contributed by atoms with Crippen LogP contribution in [-0.4, -0.2) is 48.8 Å². The van der Waals surface area contributed by atoms with Gasteiger partial charge < -0.3 is 19.7 Å². The zero-order valence-electron chi connectivity index (χ0n) is 14.3. The molecule has 0 aliphatic carbocycles. The number of aromatic hydroxyl groups is 1. The van der Waals surface area contributed by atoms with Gasteiger partial charge in [-0.3, -0.25) is 9.52 Å². The molecule has 1 aromatic carbocycles. The number of hydrogen-bond donors (Lipinski definition) is 3. The van der Waals surface area contributed by atoms with Crippen LogP contribution in [0.2, 0.25) is 0 Å². The summed E-state index contributed by atoms with van der Waals surface area (Å²) in [5.74, 6) is -1.81. The molecule has 3 rings (SSSR count). The number of likely N-dealkylation sites (tertiary alicyclic amines) is 1. The number of carbonyl (C=O) groups excluding carboxylic acids is 1. The van der Waals surface area contributed by atoms with Crippen molar-refractivity contribution in [2.45, 2.75) is 24.1 Å². The first-order valence-corrected chi connectivity index (χ1v) is 9.63. The molecule has 0 bridgehead atoms. The molecule has 0 saturated carbocycles. The van der Waals surface area contributed by atoms with Crippen LogP contribution in [0.4, 0.5) is 18.9 Å². The number of rotatable bonds is 5. The number of anilines is 1. The second kappa shape index (κ2) is 7.26. The lowest BCUT2D eigenvalue weighted by Crippen LogP contribution is -2.27. The highest BCUT2D eigenvalue weighted by atomic mass is 32.2. The van der Waals surface area contributed by atoms with E-state index in [0.29, 0.717) is 19.2 Å². The number of phenols is 1. The first kappa shape index (κ1) is 19.9. The van der Waals surface area contributed by atoms with Crippen molar-refractivity contribution in [3.8, 4) is 11.5 Å². The van der Waals surface area contributed by atoms with Crippen molar-refractivity contribution < 1.29 is 36.2 Å². The molecule has 1 fully saturated rings. The maximum atomic E-state index is 12.5. The lowest BCUT2D eigenvalue weighted by Gasteiger charge is -2.15. The largest absolute Gasteiger partial charge is 0.573 e. The fourth-order valence-corrected chi connectivity index (χ4v) is 3.81. The van der Waals surface area contributed by atoms with Gasteiger partial charge in [-0.25, -0.2) is 8.42 Å². The number of carbonyl (C=O) groups is 1. The summed E-state index contributed by atoms with van der Waals surface area (Å²) in [7, 11) is -4.32. The van der Waals surface area contributed by atoms with Crippen LogP contribution in [0.25, 0.3) is 0 Å². The number of nitrogens with one attached hydrogen (secondary N) is 2. The predicted molar refractivity (Wildman–Crippen MR) is 91.5 cm³/mol. The van der Waals surface area contributed by atoms with Crippen molar-refractivity contribution in [1.29, 1.82) is 0 Å². The summed E-state index contributed by atoms with van der Waals surface area (Å²) in [6.07, 6.45) is -2.29. The van der Waals surface area contributed by atoms with Crippen LogP contribution in [0, 0.1) is 0 Å². The van der Waals surface area contributed by atoms with E-state index in [1.807, 2.05) is 4.72 Å². The Hall–Kier alpha value is -2.89. The van der Waals surface area contributed by atoms with Gasteiger partial charge in [-0.05, 0) is 31.0 Å². The second-order valence-corrected chi connectivity index (χ2v) is 7.76. The number of halogens is 3. The normalized spacial score (nSPS) is 14.9. The Labute approximate surface area is 158 Å². The quantitative estimate of drug-likeness (QED) is 0.645. The Kier molecular flexibility index (Phi) is 5.15. The van der Waals surface area contributed by atoms with Crippen molar-refractivity contribution in [1.82, 2.24) is 9.88 Å². The molecule has 2 heterocycles. The van der Waals surface area contributed by atoms with Gasteiger partial charge in [-0.15, -0.1) is 13.2 Å². The van der Waals surface area contributed by atoms with Crippen LogP contribution in [0.15, 0.2) is 35.4 Å². The second-order valence-electron chi connectivity index (χ2n) is 6.08. The number of alkyl halides is 3. The minimum absolute atomic E-state index is 0.0553. The van der Waals surface area contributed by atoms with Crippen molar-refractivity contribution >= 4 is 21.6 Å². The van der Waals surface area contributed by atoms with Crippen LogP contribution in [0.1, 0.15) is 23.3 Å². The van der Waals surface area contributed by atoms with E-state index >= 15 is 0 Å². The number of phenolic OH excluding ortho intramolecular Hbond substituents is 1. The summed E-state index contributed by atoms with van der Waals surface area (Å²) >= 11 is 0. The molecule has 0 atom stereocenters. The smallest absolute Gasteiger partial charge is 0.508 e. The van der Waals surface area contributed by atoms with Crippen molar-refractivity contribution in [3.05, 3.63) is 36.2 Å². The number of benzene rings is 1. The van der Waals surface area contributed by atoms with E-state index in [-0.39, 0.29) is 16.5 Å². The molecule has 1 saturated heterocycles. The zero-order valence-corrected chi connectivity index (χ0v) is 15.1. The average Bonchev–Trinajstić information content (AvgIpc) is 3.27. The molecule has 12 heteroatoms. The third kappa shape index (κ3) is 4.50. The summed E-state index contributed by atoms with van der Waals surface area (Å²) in [6.45, 7) is 1.15. The number of hydrogen-bond acceptors (Lipinski definition) is 5. The van der Waals surface area contributed by atoms with Gasteiger partial charge in [-0.2, -0.15) is 0 Å². The summed E-state index contributed by atoms with van der Waals surface area (Å²) < 4.78 is 68.3.